The molecule has 0 spiro atoms. The summed E-state index contributed by atoms with van der Waals surface area (Å²) in [4.78, 5) is 24.5. The maximum absolute atomic E-state index is 12.6. The SMILES string of the molecule is COc1ccc(C(=O)Nc2ccc3ccccc3c2C(C#N)C(N)=O)cc1. The van der Waals surface area contributed by atoms with Crippen LogP contribution < -0.4 is 15.8 Å². The van der Waals surface area contributed by atoms with Gasteiger partial charge < -0.3 is 15.8 Å². The first-order chi connectivity index (χ1) is 13.0. The number of methoxy groups -OCH3 is 1. The normalized spacial score (nSPS) is 11.4. The van der Waals surface area contributed by atoms with Crippen LogP contribution in [0.5, 0.6) is 5.75 Å². The molecule has 3 N–H and O–H groups in total. The van der Waals surface area contributed by atoms with E-state index in [9.17, 15) is 14.9 Å². The number of nitriles is 1. The molecule has 0 aliphatic heterocycles. The van der Waals surface area contributed by atoms with Crippen molar-refractivity contribution in [3.63, 3.8) is 0 Å². The number of rotatable bonds is 5. The molecule has 0 radical (unpaired) electrons. The van der Waals surface area contributed by atoms with E-state index in [1.807, 2.05) is 24.3 Å². The van der Waals surface area contributed by atoms with Gasteiger partial charge in [-0.25, -0.2) is 0 Å². The van der Waals surface area contributed by atoms with Gasteiger partial charge in [0.1, 0.15) is 5.75 Å². The number of anilines is 1. The van der Waals surface area contributed by atoms with Crippen LogP contribution in [-0.2, 0) is 4.79 Å². The minimum absolute atomic E-state index is 0.365. The topological polar surface area (TPSA) is 105 Å². The van der Waals surface area contributed by atoms with E-state index in [1.165, 1.54) is 0 Å². The fourth-order valence-electron chi connectivity index (χ4n) is 2.92. The minimum atomic E-state index is -1.18. The van der Waals surface area contributed by atoms with Crippen LogP contribution in [0.25, 0.3) is 10.8 Å². The number of nitrogens with zero attached hydrogens (tertiary/aromatic N) is 1. The van der Waals surface area contributed by atoms with Crippen LogP contribution in [0.2, 0.25) is 0 Å². The number of amides is 2. The molecule has 27 heavy (non-hydrogen) atoms. The molecule has 3 aromatic carbocycles. The Kier molecular flexibility index (Phi) is 5.04. The van der Waals surface area contributed by atoms with Crippen LogP contribution in [0.4, 0.5) is 5.69 Å². The third-order valence-electron chi connectivity index (χ3n) is 4.27. The zero-order chi connectivity index (χ0) is 19.4. The van der Waals surface area contributed by atoms with Crippen molar-refractivity contribution < 1.29 is 14.3 Å². The van der Waals surface area contributed by atoms with Crippen molar-refractivity contribution in [3.8, 4) is 11.8 Å². The summed E-state index contributed by atoms with van der Waals surface area (Å²) in [5.41, 5.74) is 6.61. The summed E-state index contributed by atoms with van der Waals surface area (Å²) < 4.78 is 5.09. The Morgan fingerprint density at radius 3 is 2.41 bits per heavy atom. The summed E-state index contributed by atoms with van der Waals surface area (Å²) in [6.45, 7) is 0. The molecular formula is C21H17N3O3. The van der Waals surface area contributed by atoms with E-state index < -0.39 is 11.8 Å². The first kappa shape index (κ1) is 18.0. The third-order valence-corrected chi connectivity index (χ3v) is 4.27. The average molecular weight is 359 g/mol. The number of primary amides is 1. The molecule has 0 fully saturated rings. The third kappa shape index (κ3) is 3.58. The second-order valence-corrected chi connectivity index (χ2v) is 5.90. The van der Waals surface area contributed by atoms with Gasteiger partial charge in [-0.2, -0.15) is 5.26 Å². The highest BCUT2D eigenvalue weighted by molar-refractivity contribution is 6.07. The van der Waals surface area contributed by atoms with Crippen molar-refractivity contribution in [2.24, 2.45) is 5.73 Å². The van der Waals surface area contributed by atoms with Crippen LogP contribution >= 0.6 is 0 Å². The standard InChI is InChI=1S/C21H17N3O3/c1-27-15-9-6-14(7-10-15)21(26)24-18-11-8-13-4-2-3-5-16(13)19(18)17(12-22)20(23)25/h2-11,17H,1H3,(H2,23,25)(H,24,26). The van der Waals surface area contributed by atoms with Gasteiger partial charge in [0.2, 0.25) is 5.91 Å². The number of carbonyl (C=O) groups excluding carboxylic acids is 2. The van der Waals surface area contributed by atoms with E-state index in [2.05, 4.69) is 5.32 Å². The Hall–Kier alpha value is -3.85. The fourth-order valence-corrected chi connectivity index (χ4v) is 2.92. The lowest BCUT2D eigenvalue weighted by atomic mass is 9.92. The van der Waals surface area contributed by atoms with Crippen molar-refractivity contribution in [3.05, 3.63) is 71.8 Å². The van der Waals surface area contributed by atoms with Gasteiger partial charge in [0.15, 0.2) is 5.92 Å². The summed E-state index contributed by atoms with van der Waals surface area (Å²) >= 11 is 0. The Labute approximate surface area is 156 Å². The Balaban J connectivity index is 2.06. The molecule has 0 aromatic heterocycles. The Morgan fingerprint density at radius 1 is 1.07 bits per heavy atom. The predicted octanol–water partition coefficient (Wildman–Crippen LogP) is 3.19. The summed E-state index contributed by atoms with van der Waals surface area (Å²) in [5, 5.41) is 13.8. The van der Waals surface area contributed by atoms with E-state index in [0.29, 0.717) is 28.0 Å². The lowest BCUT2D eigenvalue weighted by molar-refractivity contribution is -0.118. The smallest absolute Gasteiger partial charge is 0.255 e. The summed E-state index contributed by atoms with van der Waals surface area (Å²) in [6.07, 6.45) is 0. The van der Waals surface area contributed by atoms with Crippen molar-refractivity contribution in [2.45, 2.75) is 5.92 Å². The van der Waals surface area contributed by atoms with Gasteiger partial charge in [-0.3, -0.25) is 9.59 Å². The van der Waals surface area contributed by atoms with Crippen molar-refractivity contribution in [1.29, 1.82) is 5.26 Å². The molecular weight excluding hydrogens is 342 g/mol. The van der Waals surface area contributed by atoms with Crippen LogP contribution in [0.1, 0.15) is 21.8 Å². The molecule has 0 saturated heterocycles. The second-order valence-electron chi connectivity index (χ2n) is 5.90. The van der Waals surface area contributed by atoms with Gasteiger partial charge in [0, 0.05) is 16.8 Å². The first-order valence-corrected chi connectivity index (χ1v) is 8.21. The van der Waals surface area contributed by atoms with Crippen molar-refractivity contribution in [2.75, 3.05) is 12.4 Å². The fraction of sp³-hybridized carbons (Fsp3) is 0.0952. The average Bonchev–Trinajstić information content (AvgIpc) is 2.69. The number of hydrogen-bond acceptors (Lipinski definition) is 4. The number of hydrogen-bond donors (Lipinski definition) is 2. The highest BCUT2D eigenvalue weighted by atomic mass is 16.5. The van der Waals surface area contributed by atoms with Crippen LogP contribution in [0, 0.1) is 11.3 Å². The molecule has 0 bridgehead atoms. The number of nitrogens with one attached hydrogen (secondary N) is 1. The summed E-state index contributed by atoms with van der Waals surface area (Å²) in [7, 11) is 1.54. The second kappa shape index (κ2) is 7.58. The van der Waals surface area contributed by atoms with Crippen LogP contribution in [0.3, 0.4) is 0 Å². The lowest BCUT2D eigenvalue weighted by Gasteiger charge is -2.16. The molecule has 134 valence electrons. The van der Waals surface area contributed by atoms with Gasteiger partial charge >= 0.3 is 0 Å². The van der Waals surface area contributed by atoms with Crippen molar-refractivity contribution >= 4 is 28.3 Å². The van der Waals surface area contributed by atoms with E-state index >= 15 is 0 Å². The van der Waals surface area contributed by atoms with Gasteiger partial charge in [-0.05, 0) is 41.1 Å². The molecule has 3 aromatic rings. The minimum Gasteiger partial charge on any atom is -0.497 e. The van der Waals surface area contributed by atoms with E-state index in [-0.39, 0.29) is 5.91 Å². The molecule has 0 heterocycles. The summed E-state index contributed by atoms with van der Waals surface area (Å²) in [5.74, 6) is -1.68. The molecule has 6 heteroatoms. The largest absolute Gasteiger partial charge is 0.497 e. The zero-order valence-electron chi connectivity index (χ0n) is 14.6. The first-order valence-electron chi connectivity index (χ1n) is 8.21. The molecule has 0 aliphatic rings. The number of ether oxygens (including phenoxy) is 1. The zero-order valence-corrected chi connectivity index (χ0v) is 14.6. The van der Waals surface area contributed by atoms with Crippen LogP contribution in [-0.4, -0.2) is 18.9 Å². The van der Waals surface area contributed by atoms with Gasteiger partial charge in [-0.1, -0.05) is 30.3 Å². The quantitative estimate of drug-likeness (QED) is 0.730. The Morgan fingerprint density at radius 2 is 1.78 bits per heavy atom. The lowest BCUT2D eigenvalue weighted by Crippen LogP contribution is -2.22. The predicted molar refractivity (Wildman–Crippen MR) is 102 cm³/mol. The van der Waals surface area contributed by atoms with E-state index in [1.54, 1.807) is 49.6 Å². The van der Waals surface area contributed by atoms with Crippen LogP contribution in [0.15, 0.2) is 60.7 Å². The highest BCUT2D eigenvalue weighted by Gasteiger charge is 2.24. The van der Waals surface area contributed by atoms with Gasteiger partial charge in [0.25, 0.3) is 5.91 Å². The molecule has 6 nitrogen and oxygen atoms in total. The molecule has 0 aliphatic carbocycles. The molecule has 2 amide bonds. The molecule has 0 saturated carbocycles. The number of fused-ring (bicyclic) bond motifs is 1. The van der Waals surface area contributed by atoms with Crippen molar-refractivity contribution in [1.82, 2.24) is 0 Å². The maximum atomic E-state index is 12.6. The van der Waals surface area contributed by atoms with Gasteiger partial charge in [0.05, 0.1) is 13.2 Å². The number of carbonyl (C=O) groups is 2. The maximum Gasteiger partial charge on any atom is 0.255 e. The van der Waals surface area contributed by atoms with E-state index in [0.717, 1.165) is 5.39 Å². The summed E-state index contributed by atoms with van der Waals surface area (Å²) in [6, 6.07) is 19.4. The van der Waals surface area contributed by atoms with E-state index in [4.69, 9.17) is 10.5 Å². The monoisotopic (exact) mass is 359 g/mol. The molecule has 1 unspecified atom stereocenters. The Bertz CT molecular complexity index is 1050. The van der Waals surface area contributed by atoms with Gasteiger partial charge in [-0.15, -0.1) is 0 Å². The molecule has 1 atom stereocenters. The highest BCUT2D eigenvalue weighted by Crippen LogP contribution is 2.33. The molecule has 3 rings (SSSR count). The number of nitrogens with two attached hydrogens (primary N) is 1. The number of benzene rings is 3.